The van der Waals surface area contributed by atoms with E-state index < -0.39 is 95.0 Å². The van der Waals surface area contributed by atoms with E-state index in [1.165, 1.54) is 48.5 Å². The fourth-order valence-corrected chi connectivity index (χ4v) is 7.50. The molecule has 0 spiro atoms. The van der Waals surface area contributed by atoms with Crippen LogP contribution in [-0.4, -0.2) is 233 Å². The van der Waals surface area contributed by atoms with Crippen LogP contribution in [0.25, 0.3) is 12.2 Å². The number of benzene rings is 4. The van der Waals surface area contributed by atoms with Crippen molar-refractivity contribution in [3.8, 4) is 0 Å². The molecule has 0 amide bonds. The zero-order valence-corrected chi connectivity index (χ0v) is 47.8. The number of nitrogens with one attached hydrogen (secondary N) is 2. The van der Waals surface area contributed by atoms with E-state index in [4.69, 9.17) is 0 Å². The second-order valence-corrected chi connectivity index (χ2v) is 17.3. The summed E-state index contributed by atoms with van der Waals surface area (Å²) in [5.41, 5.74) is 1.93. The normalized spacial score (nSPS) is 14.7. The molecule has 2 N–H and O–H groups in total. The molecule has 2 aliphatic carbocycles. The summed E-state index contributed by atoms with van der Waals surface area (Å²) in [5, 5.41) is 29.8. The van der Waals surface area contributed by atoms with E-state index in [0.29, 0.717) is 12.2 Å². The number of para-hydroxylation sites is 2. The molecule has 0 unspecified atom stereocenters. The number of ketones is 2. The zero-order valence-electron chi connectivity index (χ0n) is 31.2. The Morgan fingerprint density at radius 2 is 0.794 bits per heavy atom. The summed E-state index contributed by atoms with van der Waals surface area (Å²) in [5.74, 6) is -5.70. The van der Waals surface area contributed by atoms with Crippen molar-refractivity contribution in [1.82, 2.24) is 0 Å². The number of rotatable bonds is 10. The summed E-state index contributed by atoms with van der Waals surface area (Å²) in [6, 6.07) is 16.1. The number of fused-ring (bicyclic) bond motifs is 2. The van der Waals surface area contributed by atoms with Crippen LogP contribution in [0.15, 0.2) is 115 Å². The van der Waals surface area contributed by atoms with Gasteiger partial charge in [0.05, 0.1) is 33.1 Å². The zero-order chi connectivity index (χ0) is 44.5. The third-order valence-corrected chi connectivity index (χ3v) is 11.3. The molecule has 0 aromatic heterocycles. The van der Waals surface area contributed by atoms with E-state index in [2.05, 4.69) is 21.1 Å². The van der Waals surface area contributed by atoms with E-state index in [1.807, 2.05) is 0 Å². The number of nitrogens with zero attached hydrogens (tertiary/aromatic N) is 2. The monoisotopic (exact) mass is 1310 g/mol. The van der Waals surface area contributed by atoms with E-state index >= 15 is 0 Å². The number of hydrogen-bond acceptors (Lipinski definition) is 22. The van der Waals surface area contributed by atoms with Gasteiger partial charge in [-0.2, -0.15) is 10.2 Å². The second kappa shape index (κ2) is 22.6. The van der Waals surface area contributed by atoms with Gasteiger partial charge in [-0.15, -0.1) is 0 Å². The molecule has 312 valence electrons. The quantitative estimate of drug-likeness (QED) is 0.0929. The van der Waals surface area contributed by atoms with E-state index in [-0.39, 0.29) is 191 Å². The average molecular weight is 1310 g/mol. The SMILES string of the molecule is O=C1C(S(=O)(=O)[O-])=Cc2cc(S(=O)(=O)[O-])ccc2/C1=N\Nc1ccccc1C(=O)[O-].O=C1C(S(=O)(=O)[O-])=Cc2cc(S(=O)(=O)[O-])ccc2/C1=N\Nc1ccccc1C(=O)[O-].[Ba+2].[Ba+2].[Ba+2]. The first-order valence-corrected chi connectivity index (χ1v) is 21.4. The Kier molecular flexibility index (Phi) is 20.5. The first-order valence-electron chi connectivity index (χ1n) is 15.7. The van der Waals surface area contributed by atoms with Crippen LogP contribution in [-0.2, 0) is 50.1 Å². The third kappa shape index (κ3) is 14.0. The van der Waals surface area contributed by atoms with Gasteiger partial charge in [0, 0.05) is 22.3 Å². The fraction of sp³-hybridized carbons (Fsp3) is 0. The maximum atomic E-state index is 12.5. The Hall–Kier alpha value is -2.07. The van der Waals surface area contributed by atoms with E-state index in [1.54, 1.807) is 0 Å². The van der Waals surface area contributed by atoms with Crippen molar-refractivity contribution in [3.05, 3.63) is 128 Å². The molecule has 0 atom stereocenters. The van der Waals surface area contributed by atoms with Gasteiger partial charge in [0.15, 0.2) is 0 Å². The van der Waals surface area contributed by atoms with Crippen molar-refractivity contribution in [2.45, 2.75) is 9.79 Å². The molecule has 0 saturated carbocycles. The molecule has 0 bridgehead atoms. The van der Waals surface area contributed by atoms with Gasteiger partial charge < -0.3 is 38.0 Å². The molecular weight excluding hydrogens is 1290 g/mol. The maximum absolute atomic E-state index is 12.5. The first-order chi connectivity index (χ1) is 27.8. The first kappa shape index (κ1) is 57.1. The molecule has 4 aromatic rings. The number of Topliss-reactive ketones (excluding diaryl/α,β-unsaturated/α-hetero) is 2. The number of allylic oxidation sites excluding steroid dienone is 2. The molecule has 0 radical (unpaired) electrons. The average Bonchev–Trinajstić information content (AvgIpc) is 3.15. The second-order valence-electron chi connectivity index (χ2n) is 11.8. The fourth-order valence-electron chi connectivity index (χ4n) is 5.30. The maximum Gasteiger partial charge on any atom is 2.00 e. The minimum absolute atomic E-state index is 0. The summed E-state index contributed by atoms with van der Waals surface area (Å²) in [7, 11) is -20.4. The van der Waals surface area contributed by atoms with E-state index in [0.717, 1.165) is 36.4 Å². The number of carbonyl (C=O) groups excluding carboxylic acids is 4. The predicted molar refractivity (Wildman–Crippen MR) is 213 cm³/mol. The minimum atomic E-state index is -5.28. The number of carboxylic acid groups (broad SMARTS) is 2. The number of hydrazone groups is 2. The van der Waals surface area contributed by atoms with Crippen LogP contribution in [0, 0.1) is 0 Å². The van der Waals surface area contributed by atoms with Gasteiger partial charge >= 0.3 is 147 Å². The largest absolute Gasteiger partial charge is 2.00 e. The smallest absolute Gasteiger partial charge is 0.744 e. The molecule has 4 aromatic carbocycles. The molecule has 29 heteroatoms. The van der Waals surface area contributed by atoms with Crippen LogP contribution in [0.1, 0.15) is 43.0 Å². The predicted octanol–water partition coefficient (Wildman–Crippen LogP) is -2.66. The van der Waals surface area contributed by atoms with Gasteiger partial charge in [-0.1, -0.05) is 48.5 Å². The Morgan fingerprint density at radius 1 is 0.476 bits per heavy atom. The van der Waals surface area contributed by atoms with Crippen molar-refractivity contribution in [1.29, 1.82) is 0 Å². The van der Waals surface area contributed by atoms with Crippen LogP contribution in [0.3, 0.4) is 0 Å². The number of anilines is 2. The summed E-state index contributed by atoms with van der Waals surface area (Å²) in [6.45, 7) is 0. The molecular formula is C34H18Ba3N4O18S4. The summed E-state index contributed by atoms with van der Waals surface area (Å²) >= 11 is 0. The van der Waals surface area contributed by atoms with Gasteiger partial charge in [0.2, 0.25) is 11.6 Å². The molecule has 22 nitrogen and oxygen atoms in total. The van der Waals surface area contributed by atoms with Gasteiger partial charge in [0.1, 0.15) is 61.7 Å². The summed E-state index contributed by atoms with van der Waals surface area (Å²) in [6.07, 6.45) is 1.28. The minimum Gasteiger partial charge on any atom is -0.744 e. The Labute approximate surface area is 477 Å². The Morgan fingerprint density at radius 3 is 1.08 bits per heavy atom. The standard InChI is InChI=1S/2C17H12N2O9S2.3Ba/c2*20-16-14(30(26,27)28)8-9-7-10(29(23,24)25)5-6-11(9)15(16)19-18-13-4-2-1-3-12(13)17(21)22;;;/h2*1-8,18H,(H,21,22)(H,23,24,25)(H,26,27,28);;;/q;;3*+2/p-6/b2*19-15+;;;. The Bertz CT molecular complexity index is 2940. The van der Waals surface area contributed by atoms with Gasteiger partial charge in [0.25, 0.3) is 0 Å². The van der Waals surface area contributed by atoms with Crippen LogP contribution in [0.2, 0.25) is 0 Å². The van der Waals surface area contributed by atoms with Crippen LogP contribution in [0.5, 0.6) is 0 Å². The molecule has 6 rings (SSSR count). The molecule has 2 aliphatic rings. The summed E-state index contributed by atoms with van der Waals surface area (Å²) < 4.78 is 136. The van der Waals surface area contributed by atoms with Crippen LogP contribution < -0.4 is 21.1 Å². The Balaban J connectivity index is 0.000000414. The van der Waals surface area contributed by atoms with E-state index in [9.17, 15) is 81.3 Å². The number of carboxylic acids is 2. The molecule has 0 fully saturated rings. The van der Waals surface area contributed by atoms with Crippen molar-refractivity contribution < 1.29 is 81.3 Å². The molecule has 0 heterocycles. The molecule has 63 heavy (non-hydrogen) atoms. The number of aromatic carboxylic acids is 2. The van der Waals surface area contributed by atoms with Crippen molar-refractivity contribution in [3.63, 3.8) is 0 Å². The molecule has 0 saturated heterocycles. The van der Waals surface area contributed by atoms with Crippen molar-refractivity contribution >= 4 is 246 Å². The summed E-state index contributed by atoms with van der Waals surface area (Å²) in [4.78, 5) is 43.5. The van der Waals surface area contributed by atoms with Crippen LogP contribution in [0.4, 0.5) is 11.4 Å². The van der Waals surface area contributed by atoms with Crippen molar-refractivity contribution in [2.75, 3.05) is 10.9 Å². The van der Waals surface area contributed by atoms with Gasteiger partial charge in [-0.25, -0.2) is 33.7 Å². The van der Waals surface area contributed by atoms with Crippen molar-refractivity contribution in [2.24, 2.45) is 10.2 Å². The van der Waals surface area contributed by atoms with Gasteiger partial charge in [-0.3, -0.25) is 20.4 Å². The number of carbonyl (C=O) groups is 4. The van der Waals surface area contributed by atoms with Crippen LogP contribution >= 0.6 is 0 Å². The van der Waals surface area contributed by atoms with Gasteiger partial charge in [-0.05, 0) is 59.7 Å². The topological polar surface area (TPSA) is 392 Å². The molecule has 0 aliphatic heterocycles. The number of hydrogen-bond donors (Lipinski definition) is 2. The third-order valence-electron chi connectivity index (χ3n) is 7.99.